The maximum atomic E-state index is 11.8. The smallest absolute Gasteiger partial charge is 0.167 e. The summed E-state index contributed by atoms with van der Waals surface area (Å²) in [5, 5.41) is 0. The minimum Gasteiger partial charge on any atom is -0.361 e. The number of carbonyl (C=O) groups is 1. The number of Topliss-reactive ketones (excluding diaryl/α,β-unsaturated/α-hetero) is 1. The van der Waals surface area contributed by atoms with Crippen LogP contribution in [0.25, 0.3) is 0 Å². The average Bonchev–Trinajstić information content (AvgIpc) is 2.95. The lowest BCUT2D eigenvalue weighted by molar-refractivity contribution is -0.124. The van der Waals surface area contributed by atoms with Gasteiger partial charge in [0.05, 0.1) is 6.61 Å². The fourth-order valence-corrected chi connectivity index (χ4v) is 3.65. The molecule has 3 rings (SSSR count). The highest BCUT2D eigenvalue weighted by atomic mass is 16.6. The van der Waals surface area contributed by atoms with E-state index in [9.17, 15) is 4.79 Å². The van der Waals surface area contributed by atoms with Crippen molar-refractivity contribution in [2.75, 3.05) is 6.61 Å². The van der Waals surface area contributed by atoms with Crippen molar-refractivity contribution in [1.82, 2.24) is 0 Å². The minimum absolute atomic E-state index is 0.264. The van der Waals surface area contributed by atoms with Crippen LogP contribution in [0.5, 0.6) is 0 Å². The van der Waals surface area contributed by atoms with Crippen LogP contribution >= 0.6 is 0 Å². The Hall–Kier alpha value is -0.370. The predicted molar refractivity (Wildman–Crippen MR) is 53.1 cm³/mol. The lowest BCUT2D eigenvalue weighted by Gasteiger charge is -2.31. The molecule has 0 aromatic rings. The summed E-state index contributed by atoms with van der Waals surface area (Å²) in [6.45, 7) is 0.728. The number of epoxide rings is 1. The Balaban J connectivity index is 1.91. The summed E-state index contributed by atoms with van der Waals surface area (Å²) in [5.41, 5.74) is -0.0159. The van der Waals surface area contributed by atoms with Gasteiger partial charge in [0.1, 0.15) is 0 Å². The summed E-state index contributed by atoms with van der Waals surface area (Å²) in [5.74, 6) is 0.402. The van der Waals surface area contributed by atoms with Crippen molar-refractivity contribution in [1.29, 1.82) is 0 Å². The third-order valence-corrected chi connectivity index (χ3v) is 4.63. The van der Waals surface area contributed by atoms with Gasteiger partial charge in [-0.3, -0.25) is 4.79 Å². The van der Waals surface area contributed by atoms with E-state index in [1.807, 2.05) is 0 Å². The zero-order valence-corrected chi connectivity index (χ0v) is 8.68. The maximum absolute atomic E-state index is 11.8. The maximum Gasteiger partial charge on any atom is 0.167 e. The van der Waals surface area contributed by atoms with Crippen molar-refractivity contribution >= 4 is 5.78 Å². The van der Waals surface area contributed by atoms with E-state index in [1.165, 1.54) is 38.5 Å². The first kappa shape index (κ1) is 8.90. The van der Waals surface area contributed by atoms with E-state index in [0.29, 0.717) is 5.78 Å². The Labute approximate surface area is 85.0 Å². The minimum atomic E-state index is -0.280. The van der Waals surface area contributed by atoms with Crippen molar-refractivity contribution in [2.45, 2.75) is 57.0 Å². The molecule has 2 spiro atoms. The van der Waals surface area contributed by atoms with Gasteiger partial charge in [0.15, 0.2) is 11.4 Å². The lowest BCUT2D eigenvalue weighted by Crippen LogP contribution is -2.37. The zero-order valence-electron chi connectivity index (χ0n) is 8.68. The molecule has 0 aromatic carbocycles. The van der Waals surface area contributed by atoms with E-state index in [1.54, 1.807) is 0 Å². The quantitative estimate of drug-likeness (QED) is 0.554. The van der Waals surface area contributed by atoms with Gasteiger partial charge in [0, 0.05) is 11.8 Å². The first-order chi connectivity index (χ1) is 6.79. The van der Waals surface area contributed by atoms with E-state index < -0.39 is 0 Å². The van der Waals surface area contributed by atoms with Crippen molar-refractivity contribution < 1.29 is 9.53 Å². The molecule has 1 heterocycles. The van der Waals surface area contributed by atoms with E-state index in [2.05, 4.69) is 0 Å². The number of carbonyl (C=O) groups excluding carboxylic acids is 1. The number of ether oxygens (including phenoxy) is 1. The van der Waals surface area contributed by atoms with Crippen LogP contribution in [0.2, 0.25) is 0 Å². The van der Waals surface area contributed by atoms with Crippen molar-refractivity contribution in [2.24, 2.45) is 5.41 Å². The highest BCUT2D eigenvalue weighted by Crippen LogP contribution is 2.60. The number of ketones is 1. The molecule has 2 nitrogen and oxygen atoms in total. The molecule has 3 fully saturated rings. The summed E-state index contributed by atoms with van der Waals surface area (Å²) >= 11 is 0. The summed E-state index contributed by atoms with van der Waals surface area (Å²) in [6, 6.07) is 0. The molecule has 2 heteroatoms. The molecule has 1 atom stereocenters. The Kier molecular flexibility index (Phi) is 1.79. The molecular formula is C12H18O2. The fraction of sp³-hybridized carbons (Fsp3) is 0.917. The summed E-state index contributed by atoms with van der Waals surface area (Å²) in [7, 11) is 0. The molecule has 78 valence electrons. The van der Waals surface area contributed by atoms with E-state index in [4.69, 9.17) is 4.74 Å². The van der Waals surface area contributed by atoms with Crippen molar-refractivity contribution in [3.05, 3.63) is 0 Å². The normalized spacial score (nSPS) is 40.4. The van der Waals surface area contributed by atoms with Crippen LogP contribution in [0.15, 0.2) is 0 Å². The number of hydrogen-bond donors (Lipinski definition) is 0. The number of hydrogen-bond acceptors (Lipinski definition) is 2. The highest BCUT2D eigenvalue weighted by Gasteiger charge is 2.68. The van der Waals surface area contributed by atoms with Crippen LogP contribution < -0.4 is 0 Å². The zero-order chi connectivity index (χ0) is 9.65. The topological polar surface area (TPSA) is 29.6 Å². The Morgan fingerprint density at radius 1 is 1.00 bits per heavy atom. The van der Waals surface area contributed by atoms with Gasteiger partial charge < -0.3 is 4.74 Å². The Morgan fingerprint density at radius 2 is 1.64 bits per heavy atom. The van der Waals surface area contributed by atoms with Gasteiger partial charge in [-0.05, 0) is 19.3 Å². The van der Waals surface area contributed by atoms with Crippen molar-refractivity contribution in [3.8, 4) is 0 Å². The van der Waals surface area contributed by atoms with Gasteiger partial charge in [-0.2, -0.15) is 0 Å². The SMILES string of the molecule is O=C1CCC2(CCCCCC2)C12CO2. The van der Waals surface area contributed by atoms with Crippen LogP contribution in [0.3, 0.4) is 0 Å². The van der Waals surface area contributed by atoms with E-state index in [-0.39, 0.29) is 11.0 Å². The van der Waals surface area contributed by atoms with E-state index in [0.717, 1.165) is 19.4 Å². The average molecular weight is 194 g/mol. The first-order valence-corrected chi connectivity index (χ1v) is 5.96. The second kappa shape index (κ2) is 2.82. The third-order valence-electron chi connectivity index (χ3n) is 4.63. The van der Waals surface area contributed by atoms with Crippen LogP contribution in [0, 0.1) is 5.41 Å². The molecule has 1 aliphatic heterocycles. The molecule has 1 saturated heterocycles. The monoisotopic (exact) mass is 194 g/mol. The summed E-state index contributed by atoms with van der Waals surface area (Å²) in [4.78, 5) is 11.8. The molecule has 2 saturated carbocycles. The standard InChI is InChI=1S/C12H18O2/c13-10-5-8-11(12(10)9-14-12)6-3-1-2-4-7-11/h1-9H2. The van der Waals surface area contributed by atoms with Gasteiger partial charge in [-0.25, -0.2) is 0 Å². The summed E-state index contributed by atoms with van der Waals surface area (Å²) in [6.07, 6.45) is 9.66. The molecule has 0 N–H and O–H groups in total. The van der Waals surface area contributed by atoms with Crippen LogP contribution in [0.1, 0.15) is 51.4 Å². The number of rotatable bonds is 0. The van der Waals surface area contributed by atoms with Gasteiger partial charge >= 0.3 is 0 Å². The summed E-state index contributed by atoms with van der Waals surface area (Å²) < 4.78 is 5.57. The highest BCUT2D eigenvalue weighted by molar-refractivity contribution is 5.93. The molecule has 14 heavy (non-hydrogen) atoms. The fourth-order valence-electron chi connectivity index (χ4n) is 3.65. The molecule has 3 aliphatic rings. The van der Waals surface area contributed by atoms with Crippen LogP contribution in [-0.2, 0) is 9.53 Å². The van der Waals surface area contributed by atoms with Crippen molar-refractivity contribution in [3.63, 3.8) is 0 Å². The first-order valence-electron chi connectivity index (χ1n) is 5.96. The van der Waals surface area contributed by atoms with Crippen LogP contribution in [0.4, 0.5) is 0 Å². The van der Waals surface area contributed by atoms with Gasteiger partial charge in [0.25, 0.3) is 0 Å². The molecule has 1 unspecified atom stereocenters. The number of fused-ring (bicyclic) bond motifs is 1. The molecular weight excluding hydrogens is 176 g/mol. The Morgan fingerprint density at radius 3 is 2.21 bits per heavy atom. The molecule has 2 aliphatic carbocycles. The second-order valence-electron chi connectivity index (χ2n) is 5.23. The largest absolute Gasteiger partial charge is 0.361 e. The van der Waals surface area contributed by atoms with Gasteiger partial charge in [-0.1, -0.05) is 25.7 Å². The van der Waals surface area contributed by atoms with E-state index >= 15 is 0 Å². The second-order valence-corrected chi connectivity index (χ2v) is 5.23. The molecule has 0 aromatic heterocycles. The molecule has 0 amide bonds. The predicted octanol–water partition coefficient (Wildman–Crippen LogP) is 2.46. The van der Waals surface area contributed by atoms with Gasteiger partial charge in [-0.15, -0.1) is 0 Å². The molecule has 0 radical (unpaired) electrons. The van der Waals surface area contributed by atoms with Crippen LogP contribution in [-0.4, -0.2) is 18.0 Å². The van der Waals surface area contributed by atoms with Gasteiger partial charge in [0.2, 0.25) is 0 Å². The lowest BCUT2D eigenvalue weighted by atomic mass is 9.72. The third kappa shape index (κ3) is 0.979. The Bertz CT molecular complexity index is 257. The molecule has 0 bridgehead atoms.